The third-order valence-corrected chi connectivity index (χ3v) is 3.97. The molecule has 0 spiro atoms. The summed E-state index contributed by atoms with van der Waals surface area (Å²) in [5.41, 5.74) is 1.21. The second-order valence-electron chi connectivity index (χ2n) is 4.31. The minimum absolute atomic E-state index is 0.431. The molecule has 0 saturated heterocycles. The summed E-state index contributed by atoms with van der Waals surface area (Å²) in [7, 11) is 1.85. The van der Waals surface area contributed by atoms with E-state index >= 15 is 0 Å². The van der Waals surface area contributed by atoms with Gasteiger partial charge in [0.15, 0.2) is 5.82 Å². The van der Waals surface area contributed by atoms with Crippen LogP contribution in [0.1, 0.15) is 18.3 Å². The van der Waals surface area contributed by atoms with Crippen molar-refractivity contribution in [1.82, 2.24) is 9.97 Å². The van der Waals surface area contributed by atoms with Crippen molar-refractivity contribution in [1.29, 1.82) is 0 Å². The molecule has 0 aliphatic rings. The standard InChI is InChI=1S/C15H18ClN3OS/c1-3-20-9-14-18-13(17-2)8-15(19-14)21-10-11-4-6-12(16)7-5-11/h4-8H,3,9-10H2,1-2H3,(H,17,18,19). The number of ether oxygens (including phenoxy) is 1. The number of halogens is 1. The molecule has 0 saturated carbocycles. The largest absolute Gasteiger partial charge is 0.374 e. The van der Waals surface area contributed by atoms with E-state index in [0.29, 0.717) is 19.0 Å². The molecule has 2 rings (SSSR count). The Morgan fingerprint density at radius 1 is 1.24 bits per heavy atom. The van der Waals surface area contributed by atoms with Crippen molar-refractivity contribution in [2.45, 2.75) is 24.3 Å². The van der Waals surface area contributed by atoms with Gasteiger partial charge in [-0.1, -0.05) is 23.7 Å². The summed E-state index contributed by atoms with van der Waals surface area (Å²) in [6.07, 6.45) is 0. The molecule has 0 bridgehead atoms. The molecule has 6 heteroatoms. The summed E-state index contributed by atoms with van der Waals surface area (Å²) >= 11 is 7.55. The van der Waals surface area contributed by atoms with Gasteiger partial charge in [-0.3, -0.25) is 0 Å². The van der Waals surface area contributed by atoms with Gasteiger partial charge in [-0.15, -0.1) is 11.8 Å². The summed E-state index contributed by atoms with van der Waals surface area (Å²) in [6, 6.07) is 9.79. The van der Waals surface area contributed by atoms with E-state index in [-0.39, 0.29) is 0 Å². The number of benzene rings is 1. The first-order valence-electron chi connectivity index (χ1n) is 6.72. The summed E-state index contributed by atoms with van der Waals surface area (Å²) in [4.78, 5) is 8.89. The fourth-order valence-corrected chi connectivity index (χ4v) is 2.67. The Bertz CT molecular complexity index is 578. The molecule has 1 heterocycles. The molecule has 0 amide bonds. The van der Waals surface area contributed by atoms with Crippen LogP contribution in [0.5, 0.6) is 0 Å². The first kappa shape index (κ1) is 16.1. The van der Waals surface area contributed by atoms with Gasteiger partial charge in [-0.05, 0) is 24.6 Å². The van der Waals surface area contributed by atoms with Crippen LogP contribution in [0.4, 0.5) is 5.82 Å². The zero-order chi connectivity index (χ0) is 15.1. The van der Waals surface area contributed by atoms with Crippen molar-refractivity contribution < 1.29 is 4.74 Å². The highest BCUT2D eigenvalue weighted by molar-refractivity contribution is 7.98. The fourth-order valence-electron chi connectivity index (χ4n) is 1.67. The molecule has 0 fully saturated rings. The van der Waals surface area contributed by atoms with Gasteiger partial charge in [0.25, 0.3) is 0 Å². The molecule has 21 heavy (non-hydrogen) atoms. The van der Waals surface area contributed by atoms with E-state index in [9.17, 15) is 0 Å². The normalized spacial score (nSPS) is 10.6. The van der Waals surface area contributed by atoms with Gasteiger partial charge in [0.05, 0.1) is 0 Å². The monoisotopic (exact) mass is 323 g/mol. The van der Waals surface area contributed by atoms with Gasteiger partial charge >= 0.3 is 0 Å². The third kappa shape index (κ3) is 5.19. The highest BCUT2D eigenvalue weighted by Crippen LogP contribution is 2.23. The van der Waals surface area contributed by atoms with Gasteiger partial charge in [-0.2, -0.15) is 0 Å². The van der Waals surface area contributed by atoms with E-state index in [1.165, 1.54) is 5.56 Å². The number of anilines is 1. The number of nitrogens with zero attached hydrogens (tertiary/aromatic N) is 2. The van der Waals surface area contributed by atoms with Crippen molar-refractivity contribution >= 4 is 29.2 Å². The quantitative estimate of drug-likeness (QED) is 0.616. The van der Waals surface area contributed by atoms with Crippen LogP contribution < -0.4 is 5.32 Å². The van der Waals surface area contributed by atoms with E-state index in [1.54, 1.807) is 11.8 Å². The maximum Gasteiger partial charge on any atom is 0.157 e. The Kier molecular flexibility index (Phi) is 6.29. The van der Waals surface area contributed by atoms with Crippen molar-refractivity contribution in [3.8, 4) is 0 Å². The molecular weight excluding hydrogens is 306 g/mol. The first-order valence-corrected chi connectivity index (χ1v) is 8.08. The number of thioether (sulfide) groups is 1. The Balaban J connectivity index is 2.05. The van der Waals surface area contributed by atoms with Crippen LogP contribution in [-0.2, 0) is 17.1 Å². The van der Waals surface area contributed by atoms with E-state index in [1.807, 2.05) is 44.3 Å². The Morgan fingerprint density at radius 3 is 2.67 bits per heavy atom. The van der Waals surface area contributed by atoms with Crippen LogP contribution in [0.25, 0.3) is 0 Å². The lowest BCUT2D eigenvalue weighted by Gasteiger charge is -2.08. The lowest BCUT2D eigenvalue weighted by atomic mass is 10.2. The highest BCUT2D eigenvalue weighted by atomic mass is 35.5. The van der Waals surface area contributed by atoms with E-state index in [0.717, 1.165) is 21.6 Å². The van der Waals surface area contributed by atoms with Crippen molar-refractivity contribution in [3.05, 3.63) is 46.7 Å². The molecule has 0 radical (unpaired) electrons. The van der Waals surface area contributed by atoms with Crippen LogP contribution in [0.3, 0.4) is 0 Å². The summed E-state index contributed by atoms with van der Waals surface area (Å²) in [6.45, 7) is 3.04. The van der Waals surface area contributed by atoms with Crippen molar-refractivity contribution in [3.63, 3.8) is 0 Å². The predicted molar refractivity (Wildman–Crippen MR) is 87.9 cm³/mol. The maximum absolute atomic E-state index is 5.89. The summed E-state index contributed by atoms with van der Waals surface area (Å²) in [5, 5.41) is 4.73. The molecule has 112 valence electrons. The zero-order valence-corrected chi connectivity index (χ0v) is 13.7. The topological polar surface area (TPSA) is 47.0 Å². The zero-order valence-electron chi connectivity index (χ0n) is 12.1. The highest BCUT2D eigenvalue weighted by Gasteiger charge is 2.05. The lowest BCUT2D eigenvalue weighted by Crippen LogP contribution is -2.03. The predicted octanol–water partition coefficient (Wildman–Crippen LogP) is 4.00. The molecule has 1 aromatic carbocycles. The molecular formula is C15H18ClN3OS. The van der Waals surface area contributed by atoms with Gasteiger partial charge in [0.1, 0.15) is 17.5 Å². The molecule has 4 nitrogen and oxygen atoms in total. The molecule has 2 aromatic rings. The molecule has 1 aromatic heterocycles. The number of aromatic nitrogens is 2. The third-order valence-electron chi connectivity index (χ3n) is 2.74. The molecule has 0 atom stereocenters. The van der Waals surface area contributed by atoms with Crippen LogP contribution in [0.2, 0.25) is 5.02 Å². The molecule has 0 unspecified atom stereocenters. The van der Waals surface area contributed by atoms with Gasteiger partial charge in [0, 0.05) is 30.5 Å². The summed E-state index contributed by atoms with van der Waals surface area (Å²) < 4.78 is 5.37. The Morgan fingerprint density at radius 2 is 2.00 bits per heavy atom. The van der Waals surface area contributed by atoms with E-state index < -0.39 is 0 Å². The Hall–Kier alpha value is -1.30. The van der Waals surface area contributed by atoms with Gasteiger partial charge in [0.2, 0.25) is 0 Å². The number of rotatable bonds is 7. The van der Waals surface area contributed by atoms with Crippen LogP contribution in [-0.4, -0.2) is 23.6 Å². The van der Waals surface area contributed by atoms with E-state index in [4.69, 9.17) is 16.3 Å². The van der Waals surface area contributed by atoms with Crippen LogP contribution in [0.15, 0.2) is 35.4 Å². The SMILES string of the molecule is CCOCc1nc(NC)cc(SCc2ccc(Cl)cc2)n1. The molecule has 0 aliphatic carbocycles. The molecule has 1 N–H and O–H groups in total. The number of hydrogen-bond acceptors (Lipinski definition) is 5. The number of nitrogens with one attached hydrogen (secondary N) is 1. The average molecular weight is 324 g/mol. The lowest BCUT2D eigenvalue weighted by molar-refractivity contribution is 0.128. The van der Waals surface area contributed by atoms with E-state index in [2.05, 4.69) is 15.3 Å². The number of hydrogen-bond donors (Lipinski definition) is 1. The summed E-state index contributed by atoms with van der Waals surface area (Å²) in [5.74, 6) is 2.34. The minimum Gasteiger partial charge on any atom is -0.374 e. The molecule has 0 aliphatic heterocycles. The second-order valence-corrected chi connectivity index (χ2v) is 5.74. The maximum atomic E-state index is 5.89. The minimum atomic E-state index is 0.431. The van der Waals surface area contributed by atoms with Crippen LogP contribution >= 0.6 is 23.4 Å². The second kappa shape index (κ2) is 8.22. The Labute approximate surface area is 134 Å². The van der Waals surface area contributed by atoms with Crippen LogP contribution in [0, 0.1) is 0 Å². The average Bonchev–Trinajstić information content (AvgIpc) is 2.52. The smallest absolute Gasteiger partial charge is 0.157 e. The van der Waals surface area contributed by atoms with Gasteiger partial charge < -0.3 is 10.1 Å². The van der Waals surface area contributed by atoms with Gasteiger partial charge in [-0.25, -0.2) is 9.97 Å². The fraction of sp³-hybridized carbons (Fsp3) is 0.333. The van der Waals surface area contributed by atoms with Crippen molar-refractivity contribution in [2.24, 2.45) is 0 Å². The first-order chi connectivity index (χ1) is 10.2. The van der Waals surface area contributed by atoms with Crippen molar-refractivity contribution in [2.75, 3.05) is 19.0 Å².